The topological polar surface area (TPSA) is 43.8 Å². The fourth-order valence-corrected chi connectivity index (χ4v) is 2.10. The molecule has 1 rings (SSSR count). The molecule has 0 aromatic carbocycles. The van der Waals surface area contributed by atoms with E-state index >= 15 is 0 Å². The van der Waals surface area contributed by atoms with Crippen molar-refractivity contribution in [3.63, 3.8) is 0 Å². The first-order chi connectivity index (χ1) is 6.15. The SMILES string of the molecule is CCC(N)C(C)Sc1nccn1C. The van der Waals surface area contributed by atoms with Crippen LogP contribution in [0, 0.1) is 0 Å². The van der Waals surface area contributed by atoms with Crippen LogP contribution in [0.3, 0.4) is 0 Å². The highest BCUT2D eigenvalue weighted by Gasteiger charge is 2.13. The van der Waals surface area contributed by atoms with Gasteiger partial charge in [-0.3, -0.25) is 0 Å². The first-order valence-corrected chi connectivity index (χ1v) is 5.42. The lowest BCUT2D eigenvalue weighted by Crippen LogP contribution is -2.29. The molecule has 2 N–H and O–H groups in total. The summed E-state index contributed by atoms with van der Waals surface area (Å²) in [6.45, 7) is 4.26. The van der Waals surface area contributed by atoms with Crippen LogP contribution in [0.5, 0.6) is 0 Å². The second kappa shape index (κ2) is 4.67. The van der Waals surface area contributed by atoms with Gasteiger partial charge >= 0.3 is 0 Å². The van der Waals surface area contributed by atoms with E-state index in [0.717, 1.165) is 11.6 Å². The Kier molecular flexibility index (Phi) is 3.81. The molecule has 1 heterocycles. The van der Waals surface area contributed by atoms with Crippen LogP contribution in [0.4, 0.5) is 0 Å². The third-order valence-corrected chi connectivity index (χ3v) is 3.47. The van der Waals surface area contributed by atoms with Gasteiger partial charge in [0.15, 0.2) is 5.16 Å². The van der Waals surface area contributed by atoms with Gasteiger partial charge in [0.2, 0.25) is 0 Å². The Morgan fingerprint density at radius 1 is 1.69 bits per heavy atom. The van der Waals surface area contributed by atoms with Gasteiger partial charge in [0, 0.05) is 30.7 Å². The quantitative estimate of drug-likeness (QED) is 0.750. The van der Waals surface area contributed by atoms with E-state index in [0.29, 0.717) is 5.25 Å². The fraction of sp³-hybridized carbons (Fsp3) is 0.667. The molecule has 0 saturated heterocycles. The van der Waals surface area contributed by atoms with E-state index in [9.17, 15) is 0 Å². The van der Waals surface area contributed by atoms with E-state index < -0.39 is 0 Å². The Bertz CT molecular complexity index is 259. The number of nitrogens with zero attached hydrogens (tertiary/aromatic N) is 2. The molecule has 0 radical (unpaired) electrons. The maximum absolute atomic E-state index is 5.93. The zero-order chi connectivity index (χ0) is 9.84. The summed E-state index contributed by atoms with van der Waals surface area (Å²) >= 11 is 1.74. The van der Waals surface area contributed by atoms with Crippen LogP contribution < -0.4 is 5.73 Å². The van der Waals surface area contributed by atoms with Crippen LogP contribution in [-0.2, 0) is 7.05 Å². The molecule has 4 heteroatoms. The minimum Gasteiger partial charge on any atom is -0.329 e. The van der Waals surface area contributed by atoms with Crippen LogP contribution in [0.15, 0.2) is 17.6 Å². The Hall–Kier alpha value is -0.480. The maximum Gasteiger partial charge on any atom is 0.167 e. The molecule has 2 unspecified atom stereocenters. The van der Waals surface area contributed by atoms with Crippen molar-refractivity contribution < 1.29 is 0 Å². The third kappa shape index (κ3) is 2.74. The number of aromatic nitrogens is 2. The van der Waals surface area contributed by atoms with Gasteiger partial charge in [0.05, 0.1) is 0 Å². The maximum atomic E-state index is 5.93. The van der Waals surface area contributed by atoms with Gasteiger partial charge < -0.3 is 10.3 Å². The van der Waals surface area contributed by atoms with E-state index in [2.05, 4.69) is 18.8 Å². The van der Waals surface area contributed by atoms with E-state index in [4.69, 9.17) is 5.73 Å². The molecular formula is C9H17N3S. The summed E-state index contributed by atoms with van der Waals surface area (Å²) in [5, 5.41) is 1.46. The zero-order valence-corrected chi connectivity index (χ0v) is 9.21. The van der Waals surface area contributed by atoms with E-state index in [1.54, 1.807) is 11.8 Å². The van der Waals surface area contributed by atoms with Crippen LogP contribution >= 0.6 is 11.8 Å². The first-order valence-electron chi connectivity index (χ1n) is 4.54. The summed E-state index contributed by atoms with van der Waals surface area (Å²) in [4.78, 5) is 4.24. The predicted octanol–water partition coefficient (Wildman–Crippen LogP) is 1.64. The molecule has 0 fully saturated rings. The monoisotopic (exact) mass is 199 g/mol. The lowest BCUT2D eigenvalue weighted by Gasteiger charge is -2.16. The molecule has 0 aliphatic carbocycles. The highest BCUT2D eigenvalue weighted by atomic mass is 32.2. The minimum atomic E-state index is 0.252. The molecule has 0 bridgehead atoms. The normalized spacial score (nSPS) is 15.7. The predicted molar refractivity (Wildman–Crippen MR) is 56.8 cm³/mol. The number of thioether (sulfide) groups is 1. The Morgan fingerprint density at radius 3 is 2.85 bits per heavy atom. The van der Waals surface area contributed by atoms with Gasteiger partial charge in [-0.1, -0.05) is 25.6 Å². The average molecular weight is 199 g/mol. The fourth-order valence-electron chi connectivity index (χ4n) is 1.05. The molecule has 1 aromatic heterocycles. The van der Waals surface area contributed by atoms with Crippen molar-refractivity contribution in [3.8, 4) is 0 Å². The molecule has 0 amide bonds. The summed E-state index contributed by atoms with van der Waals surface area (Å²) in [5.41, 5.74) is 5.93. The number of aryl methyl sites for hydroxylation is 1. The van der Waals surface area contributed by atoms with Gasteiger partial charge in [-0.25, -0.2) is 4.98 Å². The van der Waals surface area contributed by atoms with E-state index in [1.165, 1.54) is 0 Å². The van der Waals surface area contributed by atoms with Crippen LogP contribution in [0.2, 0.25) is 0 Å². The van der Waals surface area contributed by atoms with Gasteiger partial charge in [0.25, 0.3) is 0 Å². The first kappa shape index (κ1) is 10.6. The van der Waals surface area contributed by atoms with Crippen LogP contribution in [0.1, 0.15) is 20.3 Å². The number of hydrogen-bond acceptors (Lipinski definition) is 3. The highest BCUT2D eigenvalue weighted by Crippen LogP contribution is 2.22. The van der Waals surface area contributed by atoms with Crippen molar-refractivity contribution in [2.45, 2.75) is 36.7 Å². The molecule has 13 heavy (non-hydrogen) atoms. The third-order valence-electron chi connectivity index (χ3n) is 2.14. The van der Waals surface area contributed by atoms with Crippen molar-refractivity contribution in [3.05, 3.63) is 12.4 Å². The lowest BCUT2D eigenvalue weighted by molar-refractivity contribution is 0.638. The molecule has 2 atom stereocenters. The molecule has 3 nitrogen and oxygen atoms in total. The largest absolute Gasteiger partial charge is 0.329 e. The van der Waals surface area contributed by atoms with Crippen molar-refractivity contribution >= 4 is 11.8 Å². The highest BCUT2D eigenvalue weighted by molar-refractivity contribution is 7.99. The van der Waals surface area contributed by atoms with E-state index in [-0.39, 0.29) is 6.04 Å². The molecular weight excluding hydrogens is 182 g/mol. The summed E-state index contributed by atoms with van der Waals surface area (Å²) in [7, 11) is 2.00. The zero-order valence-electron chi connectivity index (χ0n) is 8.40. The molecule has 1 aromatic rings. The summed E-state index contributed by atoms with van der Waals surface area (Å²) in [6.07, 6.45) is 4.78. The van der Waals surface area contributed by atoms with Crippen molar-refractivity contribution in [2.75, 3.05) is 0 Å². The van der Waals surface area contributed by atoms with Crippen molar-refractivity contribution in [2.24, 2.45) is 12.8 Å². The second-order valence-electron chi connectivity index (χ2n) is 3.22. The molecule has 0 aliphatic rings. The van der Waals surface area contributed by atoms with Gasteiger partial charge in [0.1, 0.15) is 0 Å². The molecule has 0 spiro atoms. The van der Waals surface area contributed by atoms with Crippen molar-refractivity contribution in [1.82, 2.24) is 9.55 Å². The minimum absolute atomic E-state index is 0.252. The van der Waals surface area contributed by atoms with Crippen molar-refractivity contribution in [1.29, 1.82) is 0 Å². The summed E-state index contributed by atoms with van der Waals surface area (Å²) in [6, 6.07) is 0.252. The standard InChI is InChI=1S/C9H17N3S/c1-4-8(10)7(2)13-9-11-5-6-12(9)3/h5-8H,4,10H2,1-3H3. The number of rotatable bonds is 4. The lowest BCUT2D eigenvalue weighted by atomic mass is 10.2. The number of nitrogens with two attached hydrogens (primary N) is 1. The Morgan fingerprint density at radius 2 is 2.38 bits per heavy atom. The average Bonchev–Trinajstić information content (AvgIpc) is 2.50. The van der Waals surface area contributed by atoms with E-state index in [1.807, 2.05) is 24.0 Å². The molecule has 74 valence electrons. The van der Waals surface area contributed by atoms with Gasteiger partial charge in [-0.2, -0.15) is 0 Å². The number of imidazole rings is 1. The summed E-state index contributed by atoms with van der Waals surface area (Å²) < 4.78 is 2.02. The smallest absolute Gasteiger partial charge is 0.167 e. The second-order valence-corrected chi connectivity index (χ2v) is 4.56. The van der Waals surface area contributed by atoms with Crippen LogP contribution in [0.25, 0.3) is 0 Å². The molecule has 0 aliphatic heterocycles. The molecule has 0 saturated carbocycles. The number of hydrogen-bond donors (Lipinski definition) is 1. The van der Waals surface area contributed by atoms with Gasteiger partial charge in [-0.15, -0.1) is 0 Å². The summed E-state index contributed by atoms with van der Waals surface area (Å²) in [5.74, 6) is 0. The van der Waals surface area contributed by atoms with Crippen LogP contribution in [-0.4, -0.2) is 20.8 Å². The Labute approximate surface area is 83.7 Å². The van der Waals surface area contributed by atoms with Gasteiger partial charge in [-0.05, 0) is 6.42 Å². The Balaban J connectivity index is 2.54.